The Balaban J connectivity index is 1.31. The highest BCUT2D eigenvalue weighted by Crippen LogP contribution is 2.45. The number of fused-ring (bicyclic) bond motifs is 1. The highest BCUT2D eigenvalue weighted by atomic mass is 16.5. The molecule has 2 aromatic carbocycles. The normalized spacial score (nSPS) is 28.2. The number of methoxy groups -OCH3 is 1. The van der Waals surface area contributed by atoms with Crippen LogP contribution in [-0.2, 0) is 6.42 Å². The van der Waals surface area contributed by atoms with Gasteiger partial charge in [0.2, 0.25) is 0 Å². The fourth-order valence-electron chi connectivity index (χ4n) is 5.27. The van der Waals surface area contributed by atoms with Crippen LogP contribution >= 0.6 is 0 Å². The average Bonchev–Trinajstić information content (AvgIpc) is 3.16. The Morgan fingerprint density at radius 1 is 1.04 bits per heavy atom. The molecular weight excluding hydrogens is 350 g/mol. The maximum Gasteiger partial charge on any atom is 0.118 e. The number of aliphatic hydroxyl groups is 1. The van der Waals surface area contributed by atoms with Gasteiger partial charge in [-0.05, 0) is 66.0 Å². The second-order valence-electron chi connectivity index (χ2n) is 8.89. The van der Waals surface area contributed by atoms with E-state index in [9.17, 15) is 10.2 Å². The van der Waals surface area contributed by atoms with Crippen molar-refractivity contribution in [3.05, 3.63) is 59.7 Å². The minimum Gasteiger partial charge on any atom is -0.508 e. The second kappa shape index (κ2) is 7.76. The molecular formula is C24H31NO3. The summed E-state index contributed by atoms with van der Waals surface area (Å²) in [6.45, 7) is 5.45. The van der Waals surface area contributed by atoms with Crippen molar-refractivity contribution in [3.8, 4) is 11.5 Å². The maximum absolute atomic E-state index is 11.2. The summed E-state index contributed by atoms with van der Waals surface area (Å²) in [4.78, 5) is 2.56. The van der Waals surface area contributed by atoms with Gasteiger partial charge in [0.05, 0.1) is 12.7 Å². The van der Waals surface area contributed by atoms with Crippen LogP contribution in [0.1, 0.15) is 36.8 Å². The standard InChI is InChI=1S/C24H31NO3/c1-17(19-5-7-22(26)8-6-19)14-25-15-20-12-24(27,13-21(20)16-25)11-18-3-9-23(28-2)10-4-18/h3-10,17,20-21,26-27H,11-16H2,1-2H3/t17?,20-,21+,24?. The molecule has 2 fully saturated rings. The zero-order chi connectivity index (χ0) is 19.7. The quantitative estimate of drug-likeness (QED) is 0.799. The van der Waals surface area contributed by atoms with E-state index in [0.29, 0.717) is 23.5 Å². The van der Waals surface area contributed by atoms with Gasteiger partial charge in [-0.2, -0.15) is 0 Å². The van der Waals surface area contributed by atoms with E-state index in [4.69, 9.17) is 4.74 Å². The van der Waals surface area contributed by atoms with Gasteiger partial charge in [-0.3, -0.25) is 0 Å². The van der Waals surface area contributed by atoms with Crippen LogP contribution in [-0.4, -0.2) is 47.5 Å². The molecule has 1 heterocycles. The molecule has 150 valence electrons. The number of hydrogen-bond donors (Lipinski definition) is 2. The molecule has 2 aliphatic rings. The lowest BCUT2D eigenvalue weighted by atomic mass is 9.91. The van der Waals surface area contributed by atoms with Gasteiger partial charge < -0.3 is 19.8 Å². The molecule has 0 aromatic heterocycles. The van der Waals surface area contributed by atoms with Crippen molar-refractivity contribution < 1.29 is 14.9 Å². The summed E-state index contributed by atoms with van der Waals surface area (Å²) in [5, 5.41) is 20.6. The number of ether oxygens (including phenoxy) is 1. The van der Waals surface area contributed by atoms with Crippen molar-refractivity contribution in [3.63, 3.8) is 0 Å². The van der Waals surface area contributed by atoms with Gasteiger partial charge in [-0.25, -0.2) is 0 Å². The van der Waals surface area contributed by atoms with Crippen LogP contribution in [0.3, 0.4) is 0 Å². The fourth-order valence-corrected chi connectivity index (χ4v) is 5.27. The Labute approximate surface area is 167 Å². The van der Waals surface area contributed by atoms with E-state index >= 15 is 0 Å². The molecule has 0 radical (unpaired) electrons. The van der Waals surface area contributed by atoms with Gasteiger partial charge >= 0.3 is 0 Å². The van der Waals surface area contributed by atoms with E-state index in [1.807, 2.05) is 24.3 Å². The molecule has 1 saturated carbocycles. The Bertz CT molecular complexity index is 773. The van der Waals surface area contributed by atoms with Crippen LogP contribution in [0.4, 0.5) is 0 Å². The largest absolute Gasteiger partial charge is 0.508 e. The Kier molecular flexibility index (Phi) is 5.35. The molecule has 1 aliphatic heterocycles. The van der Waals surface area contributed by atoms with E-state index in [1.165, 1.54) is 11.1 Å². The lowest BCUT2D eigenvalue weighted by molar-refractivity contribution is 0.0353. The molecule has 4 heteroatoms. The van der Waals surface area contributed by atoms with Crippen molar-refractivity contribution in [1.29, 1.82) is 0 Å². The average molecular weight is 382 g/mol. The monoisotopic (exact) mass is 381 g/mol. The number of phenols is 1. The topological polar surface area (TPSA) is 52.9 Å². The number of likely N-dealkylation sites (tertiary alicyclic amines) is 1. The highest BCUT2D eigenvalue weighted by Gasteiger charge is 2.48. The van der Waals surface area contributed by atoms with Crippen molar-refractivity contribution >= 4 is 0 Å². The molecule has 4 nitrogen and oxygen atoms in total. The van der Waals surface area contributed by atoms with Gasteiger partial charge in [0.15, 0.2) is 0 Å². The summed E-state index contributed by atoms with van der Waals surface area (Å²) < 4.78 is 5.23. The molecule has 2 aromatic rings. The fraction of sp³-hybridized carbons (Fsp3) is 0.500. The smallest absolute Gasteiger partial charge is 0.118 e. The summed E-state index contributed by atoms with van der Waals surface area (Å²) in [6.07, 6.45) is 2.52. The Morgan fingerprint density at radius 3 is 2.21 bits per heavy atom. The lowest BCUT2D eigenvalue weighted by Crippen LogP contribution is -2.33. The van der Waals surface area contributed by atoms with Crippen LogP contribution in [0.5, 0.6) is 11.5 Å². The first-order chi connectivity index (χ1) is 13.4. The van der Waals surface area contributed by atoms with Crippen LogP contribution in [0, 0.1) is 11.8 Å². The molecule has 1 saturated heterocycles. The van der Waals surface area contributed by atoms with E-state index in [0.717, 1.165) is 44.6 Å². The first kappa shape index (κ1) is 19.3. The number of aromatic hydroxyl groups is 1. The molecule has 4 rings (SSSR count). The molecule has 4 atom stereocenters. The number of hydrogen-bond acceptors (Lipinski definition) is 4. The number of phenolic OH excluding ortho intramolecular Hbond substituents is 1. The molecule has 2 unspecified atom stereocenters. The van der Waals surface area contributed by atoms with E-state index in [1.54, 1.807) is 19.2 Å². The maximum atomic E-state index is 11.2. The molecule has 0 spiro atoms. The summed E-state index contributed by atoms with van der Waals surface area (Å²) in [5.74, 6) is 2.81. The third-order valence-electron chi connectivity index (χ3n) is 6.62. The second-order valence-corrected chi connectivity index (χ2v) is 8.89. The number of nitrogens with zero attached hydrogens (tertiary/aromatic N) is 1. The summed E-state index contributed by atoms with van der Waals surface area (Å²) in [7, 11) is 1.68. The third-order valence-corrected chi connectivity index (χ3v) is 6.62. The van der Waals surface area contributed by atoms with Gasteiger partial charge in [0, 0.05) is 26.1 Å². The Morgan fingerprint density at radius 2 is 1.64 bits per heavy atom. The van der Waals surface area contributed by atoms with E-state index in [-0.39, 0.29) is 0 Å². The third kappa shape index (κ3) is 4.18. The minimum atomic E-state index is -0.571. The predicted molar refractivity (Wildman–Crippen MR) is 111 cm³/mol. The first-order valence-electron chi connectivity index (χ1n) is 10.3. The molecule has 0 amide bonds. The minimum absolute atomic E-state index is 0.322. The lowest BCUT2D eigenvalue weighted by Gasteiger charge is -2.27. The zero-order valence-corrected chi connectivity index (χ0v) is 16.8. The van der Waals surface area contributed by atoms with Crippen molar-refractivity contribution in [2.75, 3.05) is 26.7 Å². The van der Waals surface area contributed by atoms with Crippen molar-refractivity contribution in [2.45, 2.75) is 37.7 Å². The molecule has 2 N–H and O–H groups in total. The highest BCUT2D eigenvalue weighted by molar-refractivity contribution is 5.29. The zero-order valence-electron chi connectivity index (χ0n) is 16.8. The van der Waals surface area contributed by atoms with E-state index in [2.05, 4.69) is 24.0 Å². The number of benzene rings is 2. The van der Waals surface area contributed by atoms with Gasteiger partial charge in [-0.1, -0.05) is 31.2 Å². The van der Waals surface area contributed by atoms with Crippen LogP contribution < -0.4 is 4.74 Å². The SMILES string of the molecule is COc1ccc(CC2(O)C[C@H]3CN(CC(C)c4ccc(O)cc4)C[C@H]3C2)cc1. The van der Waals surface area contributed by atoms with Crippen LogP contribution in [0.25, 0.3) is 0 Å². The van der Waals surface area contributed by atoms with Gasteiger partial charge in [-0.15, -0.1) is 0 Å². The van der Waals surface area contributed by atoms with Gasteiger partial charge in [0.25, 0.3) is 0 Å². The van der Waals surface area contributed by atoms with Crippen LogP contribution in [0.15, 0.2) is 48.5 Å². The summed E-state index contributed by atoms with van der Waals surface area (Å²) >= 11 is 0. The molecule has 0 bridgehead atoms. The Hall–Kier alpha value is -2.04. The van der Waals surface area contributed by atoms with Crippen molar-refractivity contribution in [1.82, 2.24) is 4.90 Å². The van der Waals surface area contributed by atoms with Crippen molar-refractivity contribution in [2.24, 2.45) is 11.8 Å². The first-order valence-corrected chi connectivity index (χ1v) is 10.3. The predicted octanol–water partition coefficient (Wildman–Crippen LogP) is 3.82. The van der Waals surface area contributed by atoms with Gasteiger partial charge in [0.1, 0.15) is 11.5 Å². The van der Waals surface area contributed by atoms with E-state index < -0.39 is 5.60 Å². The van der Waals surface area contributed by atoms with Crippen LogP contribution in [0.2, 0.25) is 0 Å². The molecule has 1 aliphatic carbocycles. The number of rotatable bonds is 6. The summed E-state index contributed by atoms with van der Waals surface area (Å²) in [5.41, 5.74) is 1.88. The molecule has 28 heavy (non-hydrogen) atoms. The summed E-state index contributed by atoms with van der Waals surface area (Å²) in [6, 6.07) is 15.7.